The molecule has 1 saturated heterocycles. The van der Waals surface area contributed by atoms with Gasteiger partial charge in [-0.05, 0) is 54.4 Å². The molecule has 2 heterocycles. The van der Waals surface area contributed by atoms with E-state index in [1.807, 2.05) is 6.07 Å². The maximum Gasteiger partial charge on any atom is 0.318 e. The lowest BCUT2D eigenvalue weighted by molar-refractivity contribution is -0.128. The van der Waals surface area contributed by atoms with Crippen molar-refractivity contribution >= 4 is 11.7 Å². The van der Waals surface area contributed by atoms with E-state index in [0.29, 0.717) is 37.5 Å². The zero-order valence-corrected chi connectivity index (χ0v) is 19.8. The van der Waals surface area contributed by atoms with Crippen molar-refractivity contribution in [3.8, 4) is 12.1 Å². The van der Waals surface area contributed by atoms with Crippen LogP contribution in [0, 0.1) is 23.1 Å². The Morgan fingerprint density at radius 2 is 2.26 bits per heavy atom. The van der Waals surface area contributed by atoms with Gasteiger partial charge in [0.2, 0.25) is 5.91 Å². The molecule has 0 radical (unpaired) electrons. The number of rotatable bonds is 4. The van der Waals surface area contributed by atoms with Gasteiger partial charge in [0.1, 0.15) is 11.6 Å². The number of halogens is 1. The lowest BCUT2D eigenvalue weighted by Gasteiger charge is -2.43. The van der Waals surface area contributed by atoms with Crippen molar-refractivity contribution in [2.75, 3.05) is 31.6 Å². The number of anilines is 1. The first-order valence-corrected chi connectivity index (χ1v) is 12.3. The summed E-state index contributed by atoms with van der Waals surface area (Å²) in [7, 11) is 1.57. The first-order chi connectivity index (χ1) is 17.0. The minimum atomic E-state index is -0.234. The van der Waals surface area contributed by atoms with Crippen LogP contribution >= 0.6 is 0 Å². The minimum Gasteiger partial charge on any atom is -0.467 e. The van der Waals surface area contributed by atoms with Crippen LogP contribution in [-0.2, 0) is 23.1 Å². The number of carbonyl (C=O) groups is 1. The second-order valence-electron chi connectivity index (χ2n) is 10.1. The van der Waals surface area contributed by atoms with Crippen LogP contribution in [-0.4, -0.2) is 53.6 Å². The molecule has 4 aliphatic rings. The van der Waals surface area contributed by atoms with E-state index < -0.39 is 0 Å². The average molecular weight is 474 g/mol. The summed E-state index contributed by atoms with van der Waals surface area (Å²) in [5, 5.41) is 9.36. The van der Waals surface area contributed by atoms with Gasteiger partial charge in [-0.2, -0.15) is 15.2 Å². The largest absolute Gasteiger partial charge is 0.467 e. The van der Waals surface area contributed by atoms with Crippen LogP contribution in [0.25, 0.3) is 0 Å². The van der Waals surface area contributed by atoms with E-state index in [9.17, 15) is 14.4 Å². The van der Waals surface area contributed by atoms with Gasteiger partial charge in [-0.3, -0.25) is 4.79 Å². The molecule has 7 nitrogen and oxygen atoms in total. The van der Waals surface area contributed by atoms with E-state index in [0.717, 1.165) is 53.9 Å². The van der Waals surface area contributed by atoms with Crippen LogP contribution in [0.2, 0.25) is 0 Å². The fourth-order valence-corrected chi connectivity index (χ4v) is 6.94. The Labute approximate surface area is 204 Å². The standard InChI is InChI=1S/C27H28FN5O2/c1-3-23(34)33-12-11-32(15-16(33)8-10-29)25-17-7-9-27(14-22(17)30-26(31-25)35-2)19-5-4-6-21(28)24(19)18-13-20(18)27/h3-6,16,18,20H,1,7-9,11-15H2,2H3. The van der Waals surface area contributed by atoms with Gasteiger partial charge in [-0.25, -0.2) is 4.39 Å². The van der Waals surface area contributed by atoms with Crippen LogP contribution in [0.3, 0.4) is 0 Å². The SMILES string of the molecule is C=CC(=O)N1CCN(c2nc(OC)nc3c2CCC2(C3)c3cccc(F)c3C3CC32)CC1CC#N. The normalized spacial score (nSPS) is 28.1. The molecular weight excluding hydrogens is 445 g/mol. The van der Waals surface area contributed by atoms with Gasteiger partial charge in [0.25, 0.3) is 0 Å². The van der Waals surface area contributed by atoms with E-state index in [1.54, 1.807) is 18.1 Å². The quantitative estimate of drug-likeness (QED) is 0.634. The Hall–Kier alpha value is -3.47. The van der Waals surface area contributed by atoms with Crippen molar-refractivity contribution in [2.24, 2.45) is 5.92 Å². The predicted molar refractivity (Wildman–Crippen MR) is 128 cm³/mol. The van der Waals surface area contributed by atoms with Gasteiger partial charge in [-0.1, -0.05) is 18.7 Å². The lowest BCUT2D eigenvalue weighted by Crippen LogP contribution is -2.55. The van der Waals surface area contributed by atoms with Crippen molar-refractivity contribution in [3.63, 3.8) is 0 Å². The zero-order valence-electron chi connectivity index (χ0n) is 19.8. The highest BCUT2D eigenvalue weighted by molar-refractivity contribution is 5.87. The van der Waals surface area contributed by atoms with Gasteiger partial charge >= 0.3 is 6.01 Å². The van der Waals surface area contributed by atoms with Crippen molar-refractivity contribution in [2.45, 2.75) is 49.5 Å². The molecule has 2 fully saturated rings. The molecule has 3 aliphatic carbocycles. The lowest BCUT2D eigenvalue weighted by atomic mass is 9.67. The van der Waals surface area contributed by atoms with Crippen molar-refractivity contribution in [1.82, 2.24) is 14.9 Å². The number of methoxy groups -OCH3 is 1. The average Bonchev–Trinajstić information content (AvgIpc) is 3.63. The Balaban J connectivity index is 1.36. The number of amides is 1. The van der Waals surface area contributed by atoms with E-state index >= 15 is 0 Å². The third-order valence-electron chi connectivity index (χ3n) is 8.56. The van der Waals surface area contributed by atoms with Crippen LogP contribution in [0.4, 0.5) is 10.2 Å². The predicted octanol–water partition coefficient (Wildman–Crippen LogP) is 3.28. The van der Waals surface area contributed by atoms with Crippen LogP contribution in [0.15, 0.2) is 30.9 Å². The molecule has 35 heavy (non-hydrogen) atoms. The zero-order chi connectivity index (χ0) is 24.3. The fourth-order valence-electron chi connectivity index (χ4n) is 6.94. The Bertz CT molecular complexity index is 1270. The second kappa shape index (κ2) is 8.04. The van der Waals surface area contributed by atoms with E-state index in [2.05, 4.69) is 23.6 Å². The number of aromatic nitrogens is 2. The molecule has 0 bridgehead atoms. The number of benzene rings is 1. The summed E-state index contributed by atoms with van der Waals surface area (Å²) >= 11 is 0. The Morgan fingerprint density at radius 1 is 1.40 bits per heavy atom. The molecule has 1 spiro atoms. The Kier molecular flexibility index (Phi) is 5.06. The van der Waals surface area contributed by atoms with Gasteiger partial charge < -0.3 is 14.5 Å². The maximum absolute atomic E-state index is 14.7. The van der Waals surface area contributed by atoms with Crippen molar-refractivity contribution in [1.29, 1.82) is 5.26 Å². The number of hydrogen-bond acceptors (Lipinski definition) is 6. The number of ether oxygens (including phenoxy) is 1. The number of fused-ring (bicyclic) bond motifs is 6. The number of nitriles is 1. The van der Waals surface area contributed by atoms with Crippen molar-refractivity contribution < 1.29 is 13.9 Å². The maximum atomic E-state index is 14.7. The third kappa shape index (κ3) is 3.24. The van der Waals surface area contributed by atoms with E-state index in [4.69, 9.17) is 14.7 Å². The second-order valence-corrected chi connectivity index (χ2v) is 10.1. The molecule has 4 atom stereocenters. The topological polar surface area (TPSA) is 82.3 Å². The molecule has 0 N–H and O–H groups in total. The van der Waals surface area contributed by atoms with E-state index in [1.165, 1.54) is 6.08 Å². The summed E-state index contributed by atoms with van der Waals surface area (Å²) in [6, 6.07) is 7.83. The highest BCUT2D eigenvalue weighted by Crippen LogP contribution is 2.69. The summed E-state index contributed by atoms with van der Waals surface area (Å²) in [4.78, 5) is 25.8. The third-order valence-corrected chi connectivity index (χ3v) is 8.56. The van der Waals surface area contributed by atoms with Gasteiger partial charge in [0.15, 0.2) is 0 Å². The summed E-state index contributed by atoms with van der Waals surface area (Å²) in [6.45, 7) is 5.23. The summed E-state index contributed by atoms with van der Waals surface area (Å²) in [5.41, 5.74) is 4.09. The molecule has 1 aromatic carbocycles. The first kappa shape index (κ1) is 22.0. The Morgan fingerprint density at radius 3 is 3.03 bits per heavy atom. The molecule has 8 heteroatoms. The highest BCUT2D eigenvalue weighted by Gasteiger charge is 2.62. The van der Waals surface area contributed by atoms with Gasteiger partial charge in [0, 0.05) is 37.0 Å². The van der Waals surface area contributed by atoms with Crippen LogP contribution in [0.5, 0.6) is 6.01 Å². The summed E-state index contributed by atoms with van der Waals surface area (Å²) < 4.78 is 20.2. The molecule has 1 aromatic heterocycles. The number of piperazine rings is 1. The van der Waals surface area contributed by atoms with Crippen molar-refractivity contribution in [3.05, 3.63) is 59.1 Å². The van der Waals surface area contributed by atoms with Crippen LogP contribution in [0.1, 0.15) is 47.6 Å². The van der Waals surface area contributed by atoms with E-state index in [-0.39, 0.29) is 29.6 Å². The fraction of sp³-hybridized carbons (Fsp3) is 0.481. The number of carbonyl (C=O) groups excluding carboxylic acids is 1. The summed E-state index contributed by atoms with van der Waals surface area (Å²) in [5.74, 6) is 1.41. The molecule has 6 rings (SSSR count). The summed E-state index contributed by atoms with van der Waals surface area (Å²) in [6.07, 6.45) is 5.10. The van der Waals surface area contributed by atoms with Crippen LogP contribution < -0.4 is 9.64 Å². The first-order valence-electron chi connectivity index (χ1n) is 12.3. The molecular formula is C27H28FN5O2. The van der Waals surface area contributed by atoms with Gasteiger partial charge in [-0.15, -0.1) is 0 Å². The minimum absolute atomic E-state index is 0.0749. The smallest absolute Gasteiger partial charge is 0.318 e. The van der Waals surface area contributed by atoms with Gasteiger partial charge in [0.05, 0.1) is 31.3 Å². The molecule has 1 aliphatic heterocycles. The molecule has 1 amide bonds. The number of nitrogens with zero attached hydrogens (tertiary/aromatic N) is 5. The molecule has 2 aromatic rings. The highest BCUT2D eigenvalue weighted by atomic mass is 19.1. The monoisotopic (exact) mass is 473 g/mol. The molecule has 4 unspecified atom stereocenters. The number of hydrogen-bond donors (Lipinski definition) is 0. The molecule has 1 saturated carbocycles. The molecule has 180 valence electrons.